The zero-order valence-corrected chi connectivity index (χ0v) is 13.7. The summed E-state index contributed by atoms with van der Waals surface area (Å²) >= 11 is 0. The second kappa shape index (κ2) is 7.11. The summed E-state index contributed by atoms with van der Waals surface area (Å²) < 4.78 is 7.09. The maximum Gasteiger partial charge on any atom is 0.193 e. The Balaban J connectivity index is 2.58. The fraction of sp³-hybridized carbons (Fsp3) is 0.294. The lowest BCUT2D eigenvalue weighted by atomic mass is 10.0. The maximum atomic E-state index is 11.3. The van der Waals surface area contributed by atoms with E-state index in [-0.39, 0.29) is 5.88 Å². The Morgan fingerprint density at radius 3 is 2.74 bits per heavy atom. The monoisotopic (exact) mass is 314 g/mol. The molecule has 1 heterocycles. The molecule has 2 aromatic rings. The Bertz CT molecular complexity index is 759. The third-order valence-corrected chi connectivity index (χ3v) is 3.77. The van der Waals surface area contributed by atoms with Crippen LogP contribution in [0.1, 0.15) is 15.9 Å². The standard InChI is InChI=1S/C17H22N4O2/c1-20(2)6-7-21-10-13(11-22)14-5-4-12(8-16(14)21)15(9-18)17(19)23-3/h4-5,8-11,18H,6-7,19H2,1-3H3/b17-15-,18-9?. The van der Waals surface area contributed by atoms with Crippen molar-refractivity contribution in [3.05, 3.63) is 41.4 Å². The highest BCUT2D eigenvalue weighted by molar-refractivity contribution is 6.10. The van der Waals surface area contributed by atoms with E-state index in [1.807, 2.05) is 43.1 Å². The van der Waals surface area contributed by atoms with Crippen LogP contribution in [0.3, 0.4) is 0 Å². The van der Waals surface area contributed by atoms with Crippen molar-refractivity contribution in [1.82, 2.24) is 9.47 Å². The van der Waals surface area contributed by atoms with E-state index in [1.165, 1.54) is 13.3 Å². The van der Waals surface area contributed by atoms with Gasteiger partial charge in [-0.1, -0.05) is 12.1 Å². The number of carbonyl (C=O) groups is 1. The van der Waals surface area contributed by atoms with Gasteiger partial charge in [0, 0.05) is 42.0 Å². The number of allylic oxidation sites excluding steroid dienone is 1. The van der Waals surface area contributed by atoms with Gasteiger partial charge in [0.2, 0.25) is 0 Å². The molecular formula is C17H22N4O2. The van der Waals surface area contributed by atoms with Gasteiger partial charge in [0.15, 0.2) is 12.2 Å². The minimum absolute atomic E-state index is 0.196. The van der Waals surface area contributed by atoms with Crippen molar-refractivity contribution in [1.29, 1.82) is 5.41 Å². The number of aldehydes is 1. The topological polar surface area (TPSA) is 84.3 Å². The zero-order chi connectivity index (χ0) is 17.0. The molecule has 0 bridgehead atoms. The van der Waals surface area contributed by atoms with Gasteiger partial charge in [0.25, 0.3) is 0 Å². The Morgan fingerprint density at radius 2 is 2.17 bits per heavy atom. The van der Waals surface area contributed by atoms with E-state index >= 15 is 0 Å². The largest absolute Gasteiger partial charge is 0.482 e. The van der Waals surface area contributed by atoms with Gasteiger partial charge < -0.3 is 25.3 Å². The summed E-state index contributed by atoms with van der Waals surface area (Å²) in [5.74, 6) is 0.196. The second-order valence-corrected chi connectivity index (χ2v) is 5.56. The molecule has 0 aliphatic heterocycles. The number of benzene rings is 1. The van der Waals surface area contributed by atoms with E-state index in [2.05, 4.69) is 4.90 Å². The lowest BCUT2D eigenvalue weighted by Crippen LogP contribution is -2.18. The molecule has 6 nitrogen and oxygen atoms in total. The highest BCUT2D eigenvalue weighted by Gasteiger charge is 2.12. The molecule has 0 aliphatic carbocycles. The summed E-state index contributed by atoms with van der Waals surface area (Å²) in [6.45, 7) is 1.63. The van der Waals surface area contributed by atoms with E-state index in [0.29, 0.717) is 11.1 Å². The van der Waals surface area contributed by atoms with Crippen LogP contribution >= 0.6 is 0 Å². The van der Waals surface area contributed by atoms with Crippen LogP contribution in [0.25, 0.3) is 16.5 Å². The van der Waals surface area contributed by atoms with E-state index in [1.54, 1.807) is 0 Å². The van der Waals surface area contributed by atoms with Gasteiger partial charge in [-0.2, -0.15) is 0 Å². The molecule has 23 heavy (non-hydrogen) atoms. The molecule has 122 valence electrons. The number of rotatable bonds is 7. The van der Waals surface area contributed by atoms with Crippen molar-refractivity contribution in [3.63, 3.8) is 0 Å². The summed E-state index contributed by atoms with van der Waals surface area (Å²) in [4.78, 5) is 13.4. The first-order chi connectivity index (χ1) is 11.0. The average Bonchev–Trinajstić information content (AvgIpc) is 2.90. The Labute approximate surface area is 135 Å². The molecule has 3 N–H and O–H groups in total. The van der Waals surface area contributed by atoms with Gasteiger partial charge in [-0.15, -0.1) is 0 Å². The molecule has 0 radical (unpaired) electrons. The van der Waals surface area contributed by atoms with Crippen LogP contribution in [0.4, 0.5) is 0 Å². The van der Waals surface area contributed by atoms with E-state index in [4.69, 9.17) is 15.9 Å². The molecule has 0 amide bonds. The number of carbonyl (C=O) groups excluding carboxylic acids is 1. The summed E-state index contributed by atoms with van der Waals surface area (Å²) in [5, 5.41) is 8.45. The third-order valence-electron chi connectivity index (χ3n) is 3.77. The first-order valence-electron chi connectivity index (χ1n) is 7.29. The Morgan fingerprint density at radius 1 is 1.43 bits per heavy atom. The molecule has 0 spiro atoms. The summed E-state index contributed by atoms with van der Waals surface area (Å²) in [7, 11) is 5.49. The molecule has 0 saturated heterocycles. The van der Waals surface area contributed by atoms with Gasteiger partial charge in [0.1, 0.15) is 0 Å². The highest BCUT2D eigenvalue weighted by atomic mass is 16.5. The van der Waals surface area contributed by atoms with Crippen LogP contribution in [0.15, 0.2) is 30.3 Å². The van der Waals surface area contributed by atoms with Crippen molar-refractivity contribution >= 4 is 29.0 Å². The fourth-order valence-electron chi connectivity index (χ4n) is 2.48. The molecule has 0 fully saturated rings. The van der Waals surface area contributed by atoms with Gasteiger partial charge in [0.05, 0.1) is 12.7 Å². The third kappa shape index (κ3) is 3.43. The van der Waals surface area contributed by atoms with E-state index in [0.717, 1.165) is 35.8 Å². The molecule has 0 unspecified atom stereocenters. The summed E-state index contributed by atoms with van der Waals surface area (Å²) in [5.41, 5.74) is 8.71. The number of ether oxygens (including phenoxy) is 1. The molecule has 0 atom stereocenters. The van der Waals surface area contributed by atoms with E-state index in [9.17, 15) is 4.79 Å². The van der Waals surface area contributed by atoms with Crippen LogP contribution in [-0.2, 0) is 11.3 Å². The number of hydrogen-bond donors (Lipinski definition) is 2. The molecule has 0 saturated carbocycles. The maximum absolute atomic E-state index is 11.3. The van der Waals surface area contributed by atoms with Crippen LogP contribution in [-0.4, -0.2) is 49.7 Å². The first kappa shape index (κ1) is 16.8. The quantitative estimate of drug-likeness (QED) is 0.465. The fourth-order valence-corrected chi connectivity index (χ4v) is 2.48. The van der Waals surface area contributed by atoms with Crippen LogP contribution in [0.2, 0.25) is 0 Å². The molecule has 6 heteroatoms. The van der Waals surface area contributed by atoms with Gasteiger partial charge in [-0.25, -0.2) is 0 Å². The summed E-state index contributed by atoms with van der Waals surface area (Å²) in [6.07, 6.45) is 3.90. The average molecular weight is 314 g/mol. The van der Waals surface area contributed by atoms with Crippen LogP contribution in [0.5, 0.6) is 0 Å². The van der Waals surface area contributed by atoms with Crippen molar-refractivity contribution in [2.45, 2.75) is 6.54 Å². The highest BCUT2D eigenvalue weighted by Crippen LogP contribution is 2.25. The molecule has 0 aliphatic rings. The number of aromatic nitrogens is 1. The van der Waals surface area contributed by atoms with Crippen molar-refractivity contribution in [2.24, 2.45) is 5.73 Å². The SMILES string of the molecule is CO/C(N)=C(/C=N)c1ccc2c(C=O)cn(CCN(C)C)c2c1. The number of nitrogens with zero attached hydrogens (tertiary/aromatic N) is 2. The van der Waals surface area contributed by atoms with Crippen molar-refractivity contribution in [3.8, 4) is 0 Å². The number of nitrogens with two attached hydrogens (primary N) is 1. The van der Waals surface area contributed by atoms with Crippen LogP contribution in [0, 0.1) is 5.41 Å². The minimum Gasteiger partial charge on any atom is -0.482 e. The zero-order valence-electron chi connectivity index (χ0n) is 13.7. The number of methoxy groups -OCH3 is 1. The predicted octanol–water partition coefficient (Wildman–Crippen LogP) is 1.94. The van der Waals surface area contributed by atoms with Crippen LogP contribution < -0.4 is 5.73 Å². The molecule has 1 aromatic heterocycles. The Hall–Kier alpha value is -2.60. The number of likely N-dealkylation sites (N-methyl/N-ethyl adjacent to an activating group) is 1. The van der Waals surface area contributed by atoms with Crippen molar-refractivity contribution in [2.75, 3.05) is 27.7 Å². The first-order valence-corrected chi connectivity index (χ1v) is 7.29. The minimum atomic E-state index is 0.196. The normalized spacial score (nSPS) is 12.3. The Kier molecular flexibility index (Phi) is 5.18. The lowest BCUT2D eigenvalue weighted by molar-refractivity contribution is 0.112. The smallest absolute Gasteiger partial charge is 0.193 e. The lowest BCUT2D eigenvalue weighted by Gasteiger charge is -2.12. The van der Waals surface area contributed by atoms with E-state index < -0.39 is 0 Å². The second-order valence-electron chi connectivity index (χ2n) is 5.56. The van der Waals surface area contributed by atoms with Gasteiger partial charge in [-0.05, 0) is 25.7 Å². The van der Waals surface area contributed by atoms with Gasteiger partial charge >= 0.3 is 0 Å². The van der Waals surface area contributed by atoms with Crippen molar-refractivity contribution < 1.29 is 9.53 Å². The molecular weight excluding hydrogens is 292 g/mol. The predicted molar refractivity (Wildman–Crippen MR) is 92.8 cm³/mol. The number of hydrogen-bond acceptors (Lipinski definition) is 5. The molecule has 1 aromatic carbocycles. The number of nitrogens with one attached hydrogen (secondary N) is 1. The molecule has 2 rings (SSSR count). The van der Waals surface area contributed by atoms with Gasteiger partial charge in [-0.3, -0.25) is 4.79 Å². The number of fused-ring (bicyclic) bond motifs is 1. The summed E-state index contributed by atoms with van der Waals surface area (Å²) in [6, 6.07) is 5.66.